The number of rotatable bonds is 2. The van der Waals surface area contributed by atoms with Gasteiger partial charge in [0.2, 0.25) is 15.9 Å². The van der Waals surface area contributed by atoms with Crippen LogP contribution in [-0.2, 0) is 21.2 Å². The molecule has 108 valence electrons. The lowest BCUT2D eigenvalue weighted by Gasteiger charge is -2.16. The molecule has 0 radical (unpaired) electrons. The van der Waals surface area contributed by atoms with Gasteiger partial charge in [0, 0.05) is 18.8 Å². The Morgan fingerprint density at radius 3 is 2.50 bits per heavy atom. The van der Waals surface area contributed by atoms with Crippen molar-refractivity contribution < 1.29 is 23.4 Å². The van der Waals surface area contributed by atoms with Crippen LogP contribution in [0.25, 0.3) is 0 Å². The molecule has 2 aliphatic rings. The average Bonchev–Trinajstić information content (AvgIpc) is 2.91. The minimum atomic E-state index is -3.77. The monoisotopic (exact) mass is 298 g/mol. The number of β-amino-alcohol motifs (C(OH)–C–C–N with tert-alkyl or cyclic N) is 2. The SMILES string of the molecule is O=C1Cc2cc(S(=O)(=O)N3C[C@@H](O)[C@@H](O)C3)ccc2N1. The molecular formula is C12H14N2O5S. The molecular weight excluding hydrogens is 284 g/mol. The molecule has 0 unspecified atom stereocenters. The third-order valence-corrected chi connectivity index (χ3v) is 5.39. The Morgan fingerprint density at radius 2 is 1.85 bits per heavy atom. The smallest absolute Gasteiger partial charge is 0.243 e. The van der Waals surface area contributed by atoms with Crippen LogP contribution in [0.3, 0.4) is 0 Å². The number of amides is 1. The second kappa shape index (κ2) is 4.52. The van der Waals surface area contributed by atoms with Crippen LogP contribution in [0.4, 0.5) is 5.69 Å². The first kappa shape index (κ1) is 13.5. The van der Waals surface area contributed by atoms with Crippen molar-refractivity contribution in [2.24, 2.45) is 0 Å². The minimum Gasteiger partial charge on any atom is -0.389 e. The van der Waals surface area contributed by atoms with E-state index in [0.717, 1.165) is 4.31 Å². The summed E-state index contributed by atoms with van der Waals surface area (Å²) in [5.41, 5.74) is 1.26. The maximum absolute atomic E-state index is 12.4. The molecule has 0 aliphatic carbocycles. The van der Waals surface area contributed by atoms with E-state index < -0.39 is 22.2 Å². The van der Waals surface area contributed by atoms with Gasteiger partial charge < -0.3 is 15.5 Å². The second-order valence-electron chi connectivity index (χ2n) is 5.00. The number of carbonyl (C=O) groups is 1. The van der Waals surface area contributed by atoms with E-state index in [1.165, 1.54) is 12.1 Å². The van der Waals surface area contributed by atoms with Gasteiger partial charge in [0.15, 0.2) is 0 Å². The summed E-state index contributed by atoms with van der Waals surface area (Å²) >= 11 is 0. The molecule has 2 aliphatic heterocycles. The molecule has 0 aromatic heterocycles. The van der Waals surface area contributed by atoms with Crippen LogP contribution in [0.15, 0.2) is 23.1 Å². The molecule has 0 bridgehead atoms. The fraction of sp³-hybridized carbons (Fsp3) is 0.417. The van der Waals surface area contributed by atoms with Gasteiger partial charge in [-0.05, 0) is 23.8 Å². The highest BCUT2D eigenvalue weighted by Crippen LogP contribution is 2.28. The molecule has 20 heavy (non-hydrogen) atoms. The quantitative estimate of drug-likeness (QED) is 0.643. The third kappa shape index (κ3) is 2.10. The number of sulfonamides is 1. The summed E-state index contributed by atoms with van der Waals surface area (Å²) in [5, 5.41) is 21.5. The predicted molar refractivity (Wildman–Crippen MR) is 69.5 cm³/mol. The number of anilines is 1. The van der Waals surface area contributed by atoms with Gasteiger partial charge >= 0.3 is 0 Å². The first-order chi connectivity index (χ1) is 9.38. The maximum atomic E-state index is 12.4. The summed E-state index contributed by atoms with van der Waals surface area (Å²) < 4.78 is 25.9. The number of aliphatic hydroxyl groups is 2. The molecule has 1 aromatic carbocycles. The van der Waals surface area contributed by atoms with Crippen LogP contribution in [-0.4, -0.2) is 54.1 Å². The van der Waals surface area contributed by atoms with Crippen LogP contribution in [0, 0.1) is 0 Å². The summed E-state index contributed by atoms with van der Waals surface area (Å²) in [4.78, 5) is 11.3. The summed E-state index contributed by atoms with van der Waals surface area (Å²) in [6.07, 6.45) is -1.98. The van der Waals surface area contributed by atoms with Gasteiger partial charge in [-0.3, -0.25) is 4.79 Å². The average molecular weight is 298 g/mol. The van der Waals surface area contributed by atoms with E-state index in [1.807, 2.05) is 0 Å². The van der Waals surface area contributed by atoms with Crippen molar-refractivity contribution in [1.29, 1.82) is 0 Å². The lowest BCUT2D eigenvalue weighted by atomic mass is 10.2. The first-order valence-electron chi connectivity index (χ1n) is 6.17. The van der Waals surface area contributed by atoms with Gasteiger partial charge in [-0.15, -0.1) is 0 Å². The van der Waals surface area contributed by atoms with E-state index in [1.54, 1.807) is 6.07 Å². The number of nitrogens with zero attached hydrogens (tertiary/aromatic N) is 1. The first-order valence-corrected chi connectivity index (χ1v) is 7.61. The fourth-order valence-corrected chi connectivity index (χ4v) is 3.97. The topological polar surface area (TPSA) is 107 Å². The summed E-state index contributed by atoms with van der Waals surface area (Å²) in [7, 11) is -3.77. The van der Waals surface area contributed by atoms with Crippen LogP contribution >= 0.6 is 0 Å². The lowest BCUT2D eigenvalue weighted by molar-refractivity contribution is -0.115. The van der Waals surface area contributed by atoms with E-state index in [0.29, 0.717) is 11.3 Å². The Labute approximate surface area is 115 Å². The Hall–Kier alpha value is -1.48. The molecule has 0 spiro atoms. The van der Waals surface area contributed by atoms with Gasteiger partial charge in [-0.2, -0.15) is 4.31 Å². The molecule has 1 fully saturated rings. The molecule has 7 nitrogen and oxygen atoms in total. The molecule has 3 rings (SSSR count). The van der Waals surface area contributed by atoms with Crippen molar-refractivity contribution in [2.45, 2.75) is 23.5 Å². The third-order valence-electron chi connectivity index (χ3n) is 3.57. The Morgan fingerprint density at radius 1 is 1.20 bits per heavy atom. The van der Waals surface area contributed by atoms with E-state index >= 15 is 0 Å². The number of carbonyl (C=O) groups excluding carboxylic acids is 1. The normalized spacial score (nSPS) is 26.6. The zero-order chi connectivity index (χ0) is 14.5. The van der Waals surface area contributed by atoms with Crippen LogP contribution < -0.4 is 5.32 Å². The number of benzene rings is 1. The van der Waals surface area contributed by atoms with Crippen LogP contribution in [0.1, 0.15) is 5.56 Å². The predicted octanol–water partition coefficient (Wildman–Crippen LogP) is -1.09. The molecule has 8 heteroatoms. The number of hydrogen-bond donors (Lipinski definition) is 3. The Kier molecular flexibility index (Phi) is 3.05. The van der Waals surface area contributed by atoms with Crippen molar-refractivity contribution >= 4 is 21.6 Å². The number of hydrogen-bond acceptors (Lipinski definition) is 5. The molecule has 2 atom stereocenters. The van der Waals surface area contributed by atoms with Crippen molar-refractivity contribution in [3.8, 4) is 0 Å². The van der Waals surface area contributed by atoms with Crippen molar-refractivity contribution in [3.05, 3.63) is 23.8 Å². The second-order valence-corrected chi connectivity index (χ2v) is 6.94. The van der Waals surface area contributed by atoms with Crippen molar-refractivity contribution in [2.75, 3.05) is 18.4 Å². The van der Waals surface area contributed by atoms with Gasteiger partial charge in [0.05, 0.1) is 23.5 Å². The van der Waals surface area contributed by atoms with Crippen LogP contribution in [0.5, 0.6) is 0 Å². The van der Waals surface area contributed by atoms with Gasteiger partial charge in [0.1, 0.15) is 0 Å². The maximum Gasteiger partial charge on any atom is 0.243 e. The summed E-state index contributed by atoms with van der Waals surface area (Å²) in [6, 6.07) is 4.42. The molecule has 1 aromatic rings. The van der Waals surface area contributed by atoms with Crippen molar-refractivity contribution in [3.63, 3.8) is 0 Å². The molecule has 3 N–H and O–H groups in total. The van der Waals surface area contributed by atoms with Crippen molar-refractivity contribution in [1.82, 2.24) is 4.31 Å². The largest absolute Gasteiger partial charge is 0.389 e. The zero-order valence-electron chi connectivity index (χ0n) is 10.5. The standard InChI is InChI=1S/C12H14N2O5S/c15-10-5-14(6-11(10)16)20(18,19)8-1-2-9-7(3-8)4-12(17)13-9/h1-3,10-11,15-16H,4-6H2,(H,13,17)/t10-,11+. The van der Waals surface area contributed by atoms with E-state index in [4.69, 9.17) is 0 Å². The van der Waals surface area contributed by atoms with E-state index in [9.17, 15) is 23.4 Å². The highest BCUT2D eigenvalue weighted by atomic mass is 32.2. The highest BCUT2D eigenvalue weighted by Gasteiger charge is 2.37. The molecule has 1 amide bonds. The minimum absolute atomic E-state index is 0.0639. The summed E-state index contributed by atoms with van der Waals surface area (Å²) in [5.74, 6) is -0.165. The van der Waals surface area contributed by atoms with Crippen LogP contribution in [0.2, 0.25) is 0 Å². The van der Waals surface area contributed by atoms with E-state index in [2.05, 4.69) is 5.32 Å². The fourth-order valence-electron chi connectivity index (χ4n) is 2.45. The Bertz CT molecular complexity index is 662. The lowest BCUT2D eigenvalue weighted by Crippen LogP contribution is -2.30. The number of aliphatic hydroxyl groups excluding tert-OH is 2. The van der Waals surface area contributed by atoms with Gasteiger partial charge in [-0.25, -0.2) is 8.42 Å². The molecule has 0 saturated carbocycles. The number of fused-ring (bicyclic) bond motifs is 1. The molecule has 2 heterocycles. The number of nitrogens with one attached hydrogen (secondary N) is 1. The van der Waals surface area contributed by atoms with E-state index in [-0.39, 0.29) is 30.3 Å². The molecule has 1 saturated heterocycles. The summed E-state index contributed by atoms with van der Waals surface area (Å²) in [6.45, 7) is -0.254. The highest BCUT2D eigenvalue weighted by molar-refractivity contribution is 7.89. The Balaban J connectivity index is 1.93. The van der Waals surface area contributed by atoms with Gasteiger partial charge in [0.25, 0.3) is 0 Å². The van der Waals surface area contributed by atoms with Gasteiger partial charge in [-0.1, -0.05) is 0 Å². The zero-order valence-corrected chi connectivity index (χ0v) is 11.3.